The number of carbonyl (C=O) groups is 1. The molecular formula is C16H15ClN2O3S. The fourth-order valence-electron chi connectivity index (χ4n) is 2.03. The number of hydrazone groups is 1. The van der Waals surface area contributed by atoms with Crippen LogP contribution in [-0.4, -0.2) is 18.9 Å². The number of hydrogen-bond donors (Lipinski definition) is 1. The first-order chi connectivity index (χ1) is 11.0. The number of benzene rings is 1. The largest absolute Gasteiger partial charge is 0.454 e. The van der Waals surface area contributed by atoms with Gasteiger partial charge in [-0.05, 0) is 18.1 Å². The first-order valence-electron chi connectivity index (χ1n) is 7.05. The van der Waals surface area contributed by atoms with Crippen molar-refractivity contribution in [1.82, 2.24) is 5.43 Å². The van der Waals surface area contributed by atoms with Crippen LogP contribution in [-0.2, 0) is 0 Å². The van der Waals surface area contributed by atoms with Crippen molar-refractivity contribution in [1.29, 1.82) is 0 Å². The minimum atomic E-state index is -0.249. The molecule has 0 spiro atoms. The van der Waals surface area contributed by atoms with E-state index in [0.29, 0.717) is 33.6 Å². The summed E-state index contributed by atoms with van der Waals surface area (Å²) in [5.41, 5.74) is 3.75. The molecule has 0 bridgehead atoms. The Morgan fingerprint density at radius 3 is 2.78 bits per heavy atom. The van der Waals surface area contributed by atoms with E-state index in [2.05, 4.69) is 24.4 Å². The summed E-state index contributed by atoms with van der Waals surface area (Å²) in [4.78, 5) is 13.2. The fraction of sp³-hybridized carbons (Fsp3) is 0.250. The molecule has 0 aliphatic carbocycles. The van der Waals surface area contributed by atoms with E-state index < -0.39 is 0 Å². The topological polar surface area (TPSA) is 59.9 Å². The molecule has 3 rings (SSSR count). The zero-order valence-corrected chi connectivity index (χ0v) is 14.2. The summed E-state index contributed by atoms with van der Waals surface area (Å²) in [6, 6.07) is 5.27. The number of thiophene rings is 1. The Bertz CT molecular complexity index is 771. The third-order valence-corrected chi connectivity index (χ3v) is 4.87. The highest BCUT2D eigenvalue weighted by Gasteiger charge is 2.16. The number of rotatable bonds is 4. The molecule has 1 aromatic carbocycles. The summed E-state index contributed by atoms with van der Waals surface area (Å²) in [6.45, 7) is 4.36. The van der Waals surface area contributed by atoms with Gasteiger partial charge in [-0.3, -0.25) is 4.79 Å². The Labute approximate surface area is 142 Å². The van der Waals surface area contributed by atoms with Crippen LogP contribution < -0.4 is 14.9 Å². The number of amides is 1. The van der Waals surface area contributed by atoms with Gasteiger partial charge in [0.25, 0.3) is 5.91 Å². The molecule has 1 amide bonds. The molecule has 0 radical (unpaired) electrons. The second-order valence-corrected chi connectivity index (χ2v) is 6.67. The van der Waals surface area contributed by atoms with Crippen LogP contribution in [0.4, 0.5) is 0 Å². The number of halogens is 1. The summed E-state index contributed by atoms with van der Waals surface area (Å²) in [5.74, 6) is 1.37. The van der Waals surface area contributed by atoms with E-state index in [4.69, 9.17) is 21.1 Å². The second-order valence-electron chi connectivity index (χ2n) is 5.32. The smallest absolute Gasteiger partial charge is 0.272 e. The summed E-state index contributed by atoms with van der Waals surface area (Å²) in [5, 5.41) is 6.26. The van der Waals surface area contributed by atoms with Crippen LogP contribution in [0, 0.1) is 0 Å². The maximum atomic E-state index is 12.0. The van der Waals surface area contributed by atoms with Crippen molar-refractivity contribution < 1.29 is 14.3 Å². The molecule has 2 aromatic rings. The summed E-state index contributed by atoms with van der Waals surface area (Å²) >= 11 is 7.71. The van der Waals surface area contributed by atoms with Crippen LogP contribution in [0.5, 0.6) is 11.5 Å². The van der Waals surface area contributed by atoms with Crippen LogP contribution in [0.25, 0.3) is 0 Å². The molecule has 2 heterocycles. The van der Waals surface area contributed by atoms with Crippen molar-refractivity contribution in [2.24, 2.45) is 5.10 Å². The second kappa shape index (κ2) is 6.60. The molecule has 0 saturated carbocycles. The van der Waals surface area contributed by atoms with E-state index in [1.807, 2.05) is 11.4 Å². The molecule has 1 aliphatic rings. The lowest BCUT2D eigenvalue weighted by Gasteiger charge is -2.01. The average molecular weight is 351 g/mol. The van der Waals surface area contributed by atoms with Gasteiger partial charge in [-0.1, -0.05) is 25.4 Å². The molecule has 0 unspecified atom stereocenters. The van der Waals surface area contributed by atoms with Gasteiger partial charge >= 0.3 is 0 Å². The van der Waals surface area contributed by atoms with Gasteiger partial charge in [-0.25, -0.2) is 5.43 Å². The van der Waals surface area contributed by atoms with Crippen LogP contribution in [0.1, 0.15) is 40.6 Å². The monoisotopic (exact) mass is 350 g/mol. The van der Waals surface area contributed by atoms with Crippen LogP contribution in [0.15, 0.2) is 28.7 Å². The molecule has 7 heteroatoms. The first-order valence-corrected chi connectivity index (χ1v) is 8.31. The number of nitrogens with zero attached hydrogens (tertiary/aromatic N) is 1. The molecule has 0 atom stereocenters. The normalized spacial score (nSPS) is 13.0. The number of carbonyl (C=O) groups excluding carboxylic acids is 1. The predicted molar refractivity (Wildman–Crippen MR) is 91.0 cm³/mol. The van der Waals surface area contributed by atoms with Gasteiger partial charge in [0.1, 0.15) is 0 Å². The Morgan fingerprint density at radius 1 is 1.35 bits per heavy atom. The van der Waals surface area contributed by atoms with E-state index in [-0.39, 0.29) is 12.7 Å². The maximum absolute atomic E-state index is 12.0. The standard InChI is InChI=1S/C16H15ClN2O3S/c1-9(2)15-4-11(7-23-15)16(20)19-18-6-10-3-13-14(5-12(10)17)22-8-21-13/h3-7,9H,8H2,1-2H3,(H,19,20)/b18-6+. The Balaban J connectivity index is 1.67. The molecule has 0 saturated heterocycles. The number of fused-ring (bicyclic) bond motifs is 1. The minimum absolute atomic E-state index is 0.180. The van der Waals surface area contributed by atoms with E-state index in [1.165, 1.54) is 6.21 Å². The van der Waals surface area contributed by atoms with Gasteiger partial charge in [0.05, 0.1) is 16.8 Å². The highest BCUT2D eigenvalue weighted by molar-refractivity contribution is 7.10. The Hall–Kier alpha value is -2.05. The Morgan fingerprint density at radius 2 is 2.09 bits per heavy atom. The van der Waals surface area contributed by atoms with Crippen LogP contribution >= 0.6 is 22.9 Å². The van der Waals surface area contributed by atoms with Gasteiger partial charge in [0.2, 0.25) is 6.79 Å². The molecule has 0 fully saturated rings. The fourth-order valence-corrected chi connectivity index (χ4v) is 3.14. The maximum Gasteiger partial charge on any atom is 0.272 e. The molecule has 1 aliphatic heterocycles. The van der Waals surface area contributed by atoms with E-state index >= 15 is 0 Å². The van der Waals surface area contributed by atoms with Gasteiger partial charge < -0.3 is 9.47 Å². The predicted octanol–water partition coefficient (Wildman–Crippen LogP) is 4.02. The van der Waals surface area contributed by atoms with E-state index in [9.17, 15) is 4.79 Å². The zero-order valence-electron chi connectivity index (χ0n) is 12.6. The third kappa shape index (κ3) is 3.48. The van der Waals surface area contributed by atoms with Gasteiger partial charge in [-0.2, -0.15) is 5.10 Å². The summed E-state index contributed by atoms with van der Waals surface area (Å²) < 4.78 is 10.5. The number of ether oxygens (including phenoxy) is 2. The average Bonchev–Trinajstić information content (AvgIpc) is 3.15. The highest BCUT2D eigenvalue weighted by atomic mass is 35.5. The number of hydrogen-bond acceptors (Lipinski definition) is 5. The van der Waals surface area contributed by atoms with Crippen LogP contribution in [0.2, 0.25) is 5.02 Å². The quantitative estimate of drug-likeness (QED) is 0.669. The van der Waals surface area contributed by atoms with Crippen molar-refractivity contribution in [3.05, 3.63) is 44.6 Å². The lowest BCUT2D eigenvalue weighted by molar-refractivity contribution is 0.0955. The molecule has 1 aromatic heterocycles. The van der Waals surface area contributed by atoms with E-state index in [0.717, 1.165) is 4.88 Å². The molecule has 1 N–H and O–H groups in total. The highest BCUT2D eigenvalue weighted by Crippen LogP contribution is 2.36. The molecule has 120 valence electrons. The SMILES string of the molecule is CC(C)c1cc(C(=O)N/N=C/c2cc3c(cc2Cl)OCO3)cs1. The lowest BCUT2D eigenvalue weighted by atomic mass is 10.1. The van der Waals surface area contributed by atoms with Gasteiger partial charge in [0, 0.05) is 21.9 Å². The molecule has 23 heavy (non-hydrogen) atoms. The Kier molecular flexibility index (Phi) is 4.54. The van der Waals surface area contributed by atoms with Crippen molar-refractivity contribution in [3.63, 3.8) is 0 Å². The number of nitrogens with one attached hydrogen (secondary N) is 1. The van der Waals surface area contributed by atoms with E-state index in [1.54, 1.807) is 23.5 Å². The van der Waals surface area contributed by atoms with Crippen LogP contribution in [0.3, 0.4) is 0 Å². The van der Waals surface area contributed by atoms with Gasteiger partial charge in [-0.15, -0.1) is 11.3 Å². The first kappa shape index (κ1) is 15.8. The van der Waals surface area contributed by atoms with Crippen molar-refractivity contribution >= 4 is 35.1 Å². The van der Waals surface area contributed by atoms with Crippen molar-refractivity contribution in [2.45, 2.75) is 19.8 Å². The van der Waals surface area contributed by atoms with Crippen molar-refractivity contribution in [2.75, 3.05) is 6.79 Å². The zero-order chi connectivity index (χ0) is 16.4. The summed E-state index contributed by atoms with van der Waals surface area (Å²) in [6.07, 6.45) is 1.48. The minimum Gasteiger partial charge on any atom is -0.454 e. The van der Waals surface area contributed by atoms with Crippen molar-refractivity contribution in [3.8, 4) is 11.5 Å². The lowest BCUT2D eigenvalue weighted by Crippen LogP contribution is -2.16. The third-order valence-electron chi connectivity index (χ3n) is 3.31. The molecule has 5 nitrogen and oxygen atoms in total. The molecular weight excluding hydrogens is 336 g/mol. The summed E-state index contributed by atoms with van der Waals surface area (Å²) in [7, 11) is 0. The van der Waals surface area contributed by atoms with Gasteiger partial charge in [0.15, 0.2) is 11.5 Å².